The van der Waals surface area contributed by atoms with Gasteiger partial charge in [0.15, 0.2) is 0 Å². The van der Waals surface area contributed by atoms with Crippen molar-refractivity contribution in [3.05, 3.63) is 47.5 Å². The first kappa shape index (κ1) is 29.7. The molecular formula is C25H34N5O7P. The maximum absolute atomic E-state index is 12.4. The lowest BCUT2D eigenvalue weighted by atomic mass is 10.0. The van der Waals surface area contributed by atoms with E-state index in [0.717, 1.165) is 29.4 Å². The minimum Gasteiger partial charge on any atom is -0.377 e. The van der Waals surface area contributed by atoms with Crippen LogP contribution in [0.3, 0.4) is 0 Å². The van der Waals surface area contributed by atoms with Gasteiger partial charge in [0, 0.05) is 25.3 Å². The van der Waals surface area contributed by atoms with Gasteiger partial charge in [-0.3, -0.25) is 9.32 Å². The standard InChI is InChI=1S/C25H34N5O7P/c26-19-23(25(31)29-8-11-33-12-13-34-14-15-35-38(32,36-27)37-28)17-20-4-5-22-18-24(7-6-21(22)16-20)30-9-2-1-3-10-30/h4-7,16-18H,1-3,8-15,27-28H2,(H,29,31)/b23-17+. The van der Waals surface area contributed by atoms with Gasteiger partial charge >= 0.3 is 7.82 Å². The number of carbonyl (C=O) groups excluding carboxylic acids is 1. The third-order valence-corrected chi connectivity index (χ3v) is 6.90. The Morgan fingerprint density at radius 2 is 1.63 bits per heavy atom. The zero-order valence-electron chi connectivity index (χ0n) is 21.2. The molecule has 38 heavy (non-hydrogen) atoms. The van der Waals surface area contributed by atoms with E-state index in [-0.39, 0.29) is 45.2 Å². The SMILES string of the molecule is N#C/C(=C\c1ccc2cc(N3CCCCC3)ccc2c1)C(=O)NCCOCCOCCOP(=O)(ON)ON. The fourth-order valence-corrected chi connectivity index (χ4v) is 4.42. The molecule has 0 spiro atoms. The highest BCUT2D eigenvalue weighted by molar-refractivity contribution is 7.48. The Morgan fingerprint density at radius 3 is 2.34 bits per heavy atom. The zero-order chi connectivity index (χ0) is 27.2. The molecule has 2 aromatic rings. The normalized spacial score (nSPS) is 14.4. The Morgan fingerprint density at radius 1 is 0.974 bits per heavy atom. The highest BCUT2D eigenvalue weighted by atomic mass is 31.2. The highest BCUT2D eigenvalue weighted by Gasteiger charge is 2.24. The number of fused-ring (bicyclic) bond motifs is 1. The van der Waals surface area contributed by atoms with Crippen LogP contribution in [0, 0.1) is 11.3 Å². The molecule has 1 fully saturated rings. The number of ether oxygens (including phenoxy) is 2. The summed E-state index contributed by atoms with van der Waals surface area (Å²) in [6.45, 7) is 3.10. The van der Waals surface area contributed by atoms with Gasteiger partial charge in [0.05, 0.1) is 33.0 Å². The lowest BCUT2D eigenvalue weighted by Crippen LogP contribution is -2.29. The molecule has 0 radical (unpaired) electrons. The summed E-state index contributed by atoms with van der Waals surface area (Å²) in [5.41, 5.74) is 2.02. The van der Waals surface area contributed by atoms with E-state index in [1.807, 2.05) is 24.3 Å². The number of anilines is 1. The number of phosphoric acid groups is 1. The number of carbonyl (C=O) groups is 1. The van der Waals surface area contributed by atoms with Gasteiger partial charge < -0.3 is 19.7 Å². The van der Waals surface area contributed by atoms with E-state index < -0.39 is 13.7 Å². The Hall–Kier alpha value is -2.85. The zero-order valence-corrected chi connectivity index (χ0v) is 22.1. The molecule has 0 atom stereocenters. The quantitative estimate of drug-likeness (QED) is 0.0984. The Balaban J connectivity index is 1.39. The fourth-order valence-electron chi connectivity index (χ4n) is 3.95. The maximum Gasteiger partial charge on any atom is 0.507 e. The number of nitrogens with two attached hydrogens (primary N) is 2. The van der Waals surface area contributed by atoms with Crippen molar-refractivity contribution in [3.63, 3.8) is 0 Å². The molecule has 13 heteroatoms. The summed E-state index contributed by atoms with van der Waals surface area (Å²) < 4.78 is 34.8. The van der Waals surface area contributed by atoms with Crippen LogP contribution in [0.2, 0.25) is 0 Å². The van der Waals surface area contributed by atoms with Crippen LogP contribution in [0.15, 0.2) is 42.0 Å². The van der Waals surface area contributed by atoms with Crippen LogP contribution in [0.4, 0.5) is 5.69 Å². The van der Waals surface area contributed by atoms with Gasteiger partial charge in [-0.1, -0.05) is 18.2 Å². The summed E-state index contributed by atoms with van der Waals surface area (Å²) in [5, 5.41) is 14.3. The summed E-state index contributed by atoms with van der Waals surface area (Å²) in [4.78, 5) is 14.9. The van der Waals surface area contributed by atoms with Gasteiger partial charge in [0.25, 0.3) is 5.91 Å². The van der Waals surface area contributed by atoms with E-state index in [2.05, 4.69) is 37.7 Å². The van der Waals surface area contributed by atoms with E-state index in [9.17, 15) is 14.6 Å². The lowest BCUT2D eigenvalue weighted by Gasteiger charge is -2.29. The summed E-state index contributed by atoms with van der Waals surface area (Å²) in [6, 6.07) is 14.3. The molecule has 2 aromatic carbocycles. The molecule has 12 nitrogen and oxygen atoms in total. The van der Waals surface area contributed by atoms with Crippen LogP contribution in [-0.4, -0.2) is 58.6 Å². The fraction of sp³-hybridized carbons (Fsp3) is 0.440. The number of nitrogens with one attached hydrogen (secondary N) is 1. The third-order valence-electron chi connectivity index (χ3n) is 5.88. The summed E-state index contributed by atoms with van der Waals surface area (Å²) in [5.74, 6) is 9.03. The molecule has 1 heterocycles. The number of piperidine rings is 1. The van der Waals surface area contributed by atoms with Gasteiger partial charge in [-0.05, 0) is 59.9 Å². The van der Waals surface area contributed by atoms with E-state index in [1.165, 1.54) is 24.9 Å². The van der Waals surface area contributed by atoms with Crippen LogP contribution in [0.25, 0.3) is 16.8 Å². The Kier molecular flexibility index (Phi) is 12.1. The predicted octanol–water partition coefficient (Wildman–Crippen LogP) is 2.79. The molecule has 5 N–H and O–H groups in total. The first-order valence-electron chi connectivity index (χ1n) is 12.3. The molecule has 0 aromatic heterocycles. The maximum atomic E-state index is 12.4. The van der Waals surface area contributed by atoms with Crippen molar-refractivity contribution >= 4 is 36.3 Å². The summed E-state index contributed by atoms with van der Waals surface area (Å²) in [7, 11) is -3.94. The average Bonchev–Trinajstić information content (AvgIpc) is 2.96. The van der Waals surface area contributed by atoms with Crippen molar-refractivity contribution < 1.29 is 32.6 Å². The van der Waals surface area contributed by atoms with Gasteiger partial charge in [-0.15, -0.1) is 0 Å². The van der Waals surface area contributed by atoms with Crippen molar-refractivity contribution in [3.8, 4) is 6.07 Å². The van der Waals surface area contributed by atoms with Crippen molar-refractivity contribution in [1.29, 1.82) is 5.26 Å². The summed E-state index contributed by atoms with van der Waals surface area (Å²) >= 11 is 0. The second-order valence-electron chi connectivity index (χ2n) is 8.48. The minimum absolute atomic E-state index is 0.0119. The van der Waals surface area contributed by atoms with Crippen LogP contribution >= 0.6 is 7.82 Å². The molecule has 0 saturated carbocycles. The van der Waals surface area contributed by atoms with Crippen LogP contribution in [0.5, 0.6) is 0 Å². The van der Waals surface area contributed by atoms with Crippen LogP contribution < -0.4 is 22.0 Å². The molecule has 1 aliphatic rings. The van der Waals surface area contributed by atoms with Crippen molar-refractivity contribution in [2.45, 2.75) is 19.3 Å². The number of benzene rings is 2. The smallest absolute Gasteiger partial charge is 0.377 e. The largest absolute Gasteiger partial charge is 0.507 e. The lowest BCUT2D eigenvalue weighted by molar-refractivity contribution is -0.117. The molecule has 1 aliphatic heterocycles. The van der Waals surface area contributed by atoms with Crippen molar-refractivity contribution in [2.75, 3.05) is 57.6 Å². The first-order valence-corrected chi connectivity index (χ1v) is 13.8. The predicted molar refractivity (Wildman–Crippen MR) is 142 cm³/mol. The minimum atomic E-state index is -3.94. The van der Waals surface area contributed by atoms with E-state index in [0.29, 0.717) is 0 Å². The van der Waals surface area contributed by atoms with Gasteiger partial charge in [-0.25, -0.2) is 16.4 Å². The molecule has 3 rings (SSSR count). The van der Waals surface area contributed by atoms with Gasteiger partial charge in [0.2, 0.25) is 0 Å². The van der Waals surface area contributed by atoms with E-state index >= 15 is 0 Å². The monoisotopic (exact) mass is 547 g/mol. The van der Waals surface area contributed by atoms with Crippen LogP contribution in [0.1, 0.15) is 24.8 Å². The molecule has 1 saturated heterocycles. The molecular weight excluding hydrogens is 513 g/mol. The Bertz CT molecular complexity index is 1170. The molecule has 206 valence electrons. The van der Waals surface area contributed by atoms with Crippen molar-refractivity contribution in [1.82, 2.24) is 5.32 Å². The van der Waals surface area contributed by atoms with Gasteiger partial charge in [-0.2, -0.15) is 14.5 Å². The van der Waals surface area contributed by atoms with E-state index in [1.54, 1.807) is 6.08 Å². The number of nitriles is 1. The molecule has 0 unspecified atom stereocenters. The number of hydrogen-bond acceptors (Lipinski definition) is 11. The number of amides is 1. The highest BCUT2D eigenvalue weighted by Crippen LogP contribution is 2.45. The topological polar surface area (TPSA) is 171 Å². The van der Waals surface area contributed by atoms with Gasteiger partial charge in [0.1, 0.15) is 11.6 Å². The second-order valence-corrected chi connectivity index (χ2v) is 10.1. The third kappa shape index (κ3) is 9.16. The molecule has 0 bridgehead atoms. The number of rotatable bonds is 15. The Labute approximate surface area is 221 Å². The average molecular weight is 548 g/mol. The number of nitrogens with zero attached hydrogens (tertiary/aromatic N) is 2. The van der Waals surface area contributed by atoms with Crippen LogP contribution in [-0.2, 0) is 32.6 Å². The van der Waals surface area contributed by atoms with Crippen molar-refractivity contribution in [2.24, 2.45) is 11.8 Å². The molecule has 0 aliphatic carbocycles. The second kappa shape index (κ2) is 15.5. The first-order chi connectivity index (χ1) is 18.5. The number of hydrogen-bond donors (Lipinski definition) is 3. The molecule has 1 amide bonds. The van der Waals surface area contributed by atoms with E-state index in [4.69, 9.17) is 25.8 Å². The summed E-state index contributed by atoms with van der Waals surface area (Å²) in [6.07, 6.45) is 5.32.